The lowest BCUT2D eigenvalue weighted by Gasteiger charge is -2.22. The number of rotatable bonds is 2. The number of nitrogens with zero attached hydrogens (tertiary/aromatic N) is 6. The summed E-state index contributed by atoms with van der Waals surface area (Å²) in [5, 5.41) is 2.30. The molecule has 0 saturated carbocycles. The van der Waals surface area contributed by atoms with Crippen LogP contribution in [0.4, 0.5) is 11.4 Å². The third-order valence-corrected chi connectivity index (χ3v) is 3.87. The van der Waals surface area contributed by atoms with E-state index in [0.717, 1.165) is 34.1 Å². The molecule has 0 aliphatic carbocycles. The lowest BCUT2D eigenvalue weighted by Crippen LogP contribution is -2.35. The van der Waals surface area contributed by atoms with E-state index in [1.165, 1.54) is 0 Å². The highest BCUT2D eigenvalue weighted by Crippen LogP contribution is 2.26. The molecule has 6 nitrogen and oxygen atoms in total. The van der Waals surface area contributed by atoms with Gasteiger partial charge in [0.25, 0.3) is 0 Å². The Morgan fingerprint density at radius 3 is 1.12 bits per heavy atom. The largest absolute Gasteiger partial charge is 0.349 e. The van der Waals surface area contributed by atoms with E-state index in [4.69, 9.17) is 9.98 Å². The van der Waals surface area contributed by atoms with Gasteiger partial charge in [-0.15, -0.1) is 0 Å². The Hall–Kier alpha value is -2.76. The Bertz CT molecular complexity index is 729. The zero-order valence-corrected chi connectivity index (χ0v) is 17.1. The molecule has 140 valence electrons. The normalized spacial score (nSPS) is 10.3. The highest BCUT2D eigenvalue weighted by Gasteiger charge is 2.07. The maximum atomic E-state index is 4.75. The van der Waals surface area contributed by atoms with Gasteiger partial charge < -0.3 is 19.6 Å². The molecular weight excluding hydrogens is 324 g/mol. The van der Waals surface area contributed by atoms with Crippen molar-refractivity contribution in [3.63, 3.8) is 0 Å². The minimum absolute atomic E-state index is 0.909. The fourth-order valence-electron chi connectivity index (χ4n) is 2.79. The molecule has 0 spiro atoms. The summed E-state index contributed by atoms with van der Waals surface area (Å²) in [5.41, 5.74) is 1.88. The van der Waals surface area contributed by atoms with Crippen LogP contribution in [0.5, 0.6) is 0 Å². The lowest BCUT2D eigenvalue weighted by molar-refractivity contribution is 0.484. The van der Waals surface area contributed by atoms with E-state index in [9.17, 15) is 0 Å². The van der Waals surface area contributed by atoms with E-state index in [2.05, 4.69) is 24.3 Å². The number of benzene rings is 2. The highest BCUT2D eigenvalue weighted by molar-refractivity contribution is 5.91. The van der Waals surface area contributed by atoms with Gasteiger partial charge in [-0.1, -0.05) is 12.1 Å². The number of hydrogen-bond acceptors (Lipinski definition) is 2. The predicted molar refractivity (Wildman–Crippen MR) is 113 cm³/mol. The van der Waals surface area contributed by atoms with Crippen LogP contribution < -0.4 is 0 Å². The molecule has 2 aromatic carbocycles. The van der Waals surface area contributed by atoms with E-state index in [-0.39, 0.29) is 0 Å². The Morgan fingerprint density at radius 1 is 0.538 bits per heavy atom. The smallest absolute Gasteiger partial charge is 0.200 e. The molecule has 0 bridgehead atoms. The Balaban J connectivity index is 2.42. The third kappa shape index (κ3) is 4.65. The van der Waals surface area contributed by atoms with Crippen LogP contribution in [-0.2, 0) is 0 Å². The van der Waals surface area contributed by atoms with E-state index < -0.39 is 0 Å². The highest BCUT2D eigenvalue weighted by atomic mass is 15.3. The molecule has 0 radical (unpaired) electrons. The summed E-state index contributed by atoms with van der Waals surface area (Å²) >= 11 is 0. The first-order chi connectivity index (χ1) is 12.2. The number of aliphatic imine (C=N–C) groups is 2. The molecule has 0 amide bonds. The molecule has 0 aliphatic heterocycles. The van der Waals surface area contributed by atoms with Crippen molar-refractivity contribution in [2.75, 3.05) is 56.4 Å². The van der Waals surface area contributed by atoms with Gasteiger partial charge in [0.2, 0.25) is 11.9 Å². The lowest BCUT2D eigenvalue weighted by atomic mass is 10.1. The summed E-state index contributed by atoms with van der Waals surface area (Å²) in [6.45, 7) is 0. The minimum Gasteiger partial charge on any atom is -0.349 e. The Morgan fingerprint density at radius 2 is 0.846 bits per heavy atom. The molecule has 0 N–H and O–H groups in total. The maximum absolute atomic E-state index is 4.75. The molecule has 0 aliphatic rings. The van der Waals surface area contributed by atoms with Crippen LogP contribution in [0.15, 0.2) is 46.4 Å². The fourth-order valence-corrected chi connectivity index (χ4v) is 2.79. The van der Waals surface area contributed by atoms with Gasteiger partial charge in [-0.05, 0) is 35.0 Å². The van der Waals surface area contributed by atoms with Crippen molar-refractivity contribution in [1.82, 2.24) is 19.6 Å². The number of hydrogen-bond donors (Lipinski definition) is 0. The quantitative estimate of drug-likeness (QED) is 0.614. The van der Waals surface area contributed by atoms with E-state index in [1.54, 1.807) is 0 Å². The molecule has 26 heavy (non-hydrogen) atoms. The zero-order valence-electron chi connectivity index (χ0n) is 17.1. The second-order valence-electron chi connectivity index (χ2n) is 7.12. The fraction of sp³-hybridized carbons (Fsp3) is 0.400. The van der Waals surface area contributed by atoms with Gasteiger partial charge in [0.05, 0.1) is 11.4 Å². The molecule has 0 aromatic heterocycles. The van der Waals surface area contributed by atoms with Crippen LogP contribution in [-0.4, -0.2) is 87.9 Å². The predicted octanol–water partition coefficient (Wildman–Crippen LogP) is 3.06. The summed E-state index contributed by atoms with van der Waals surface area (Å²) in [4.78, 5) is 17.5. The Kier molecular flexibility index (Phi) is 6.08. The molecular formula is C20H30N6. The standard InChI is InChI=1S/C20H30N6/c1-23(2)19(24(3)4)21-17-11-9-16-14-18(12-10-15(16)13-17)22-20(25(5)6)26(7)8/h9-14H,1-8H3. The van der Waals surface area contributed by atoms with Crippen LogP contribution in [0.3, 0.4) is 0 Å². The first kappa shape index (κ1) is 19.6. The first-order valence-corrected chi connectivity index (χ1v) is 8.59. The molecule has 2 rings (SSSR count). The molecule has 0 heterocycles. The number of guanidine groups is 2. The maximum Gasteiger partial charge on any atom is 0.200 e. The van der Waals surface area contributed by atoms with Crippen LogP contribution in [0.1, 0.15) is 0 Å². The average molecular weight is 355 g/mol. The van der Waals surface area contributed by atoms with E-state index >= 15 is 0 Å². The van der Waals surface area contributed by atoms with Crippen molar-refractivity contribution in [3.05, 3.63) is 36.4 Å². The SMILES string of the molecule is CN(C)C(=Nc1ccc2cc(N=C(N(C)C)N(C)C)ccc2c1)N(C)C. The molecule has 0 fully saturated rings. The molecule has 2 aromatic rings. The van der Waals surface area contributed by atoms with Gasteiger partial charge >= 0.3 is 0 Å². The third-order valence-electron chi connectivity index (χ3n) is 3.87. The van der Waals surface area contributed by atoms with Crippen LogP contribution in [0, 0.1) is 0 Å². The summed E-state index contributed by atoms with van der Waals surface area (Å²) in [7, 11) is 16.0. The molecule has 0 unspecified atom stereocenters. The van der Waals surface area contributed by atoms with Gasteiger partial charge in [0.15, 0.2) is 0 Å². The van der Waals surface area contributed by atoms with Crippen LogP contribution >= 0.6 is 0 Å². The summed E-state index contributed by atoms with van der Waals surface area (Å²) in [6.07, 6.45) is 0. The molecule has 0 saturated heterocycles. The van der Waals surface area contributed by atoms with Crippen molar-refractivity contribution in [1.29, 1.82) is 0 Å². The van der Waals surface area contributed by atoms with E-state index in [0.29, 0.717) is 0 Å². The Labute approximate surface area is 157 Å². The second kappa shape index (κ2) is 8.08. The summed E-state index contributed by atoms with van der Waals surface area (Å²) in [5.74, 6) is 1.82. The van der Waals surface area contributed by atoms with Gasteiger partial charge in [0, 0.05) is 56.4 Å². The number of fused-ring (bicyclic) bond motifs is 1. The second-order valence-corrected chi connectivity index (χ2v) is 7.12. The molecule has 6 heteroatoms. The van der Waals surface area contributed by atoms with Crippen molar-refractivity contribution < 1.29 is 0 Å². The van der Waals surface area contributed by atoms with Crippen molar-refractivity contribution in [2.45, 2.75) is 0 Å². The summed E-state index contributed by atoms with van der Waals surface area (Å²) in [6, 6.07) is 12.5. The van der Waals surface area contributed by atoms with E-state index in [1.807, 2.05) is 88.1 Å². The van der Waals surface area contributed by atoms with Gasteiger partial charge in [-0.3, -0.25) is 0 Å². The van der Waals surface area contributed by atoms with Crippen molar-refractivity contribution in [3.8, 4) is 0 Å². The minimum atomic E-state index is 0.909. The first-order valence-electron chi connectivity index (χ1n) is 8.59. The van der Waals surface area contributed by atoms with Gasteiger partial charge in [0.1, 0.15) is 0 Å². The van der Waals surface area contributed by atoms with Crippen LogP contribution in [0.2, 0.25) is 0 Å². The van der Waals surface area contributed by atoms with Gasteiger partial charge in [-0.25, -0.2) is 9.98 Å². The van der Waals surface area contributed by atoms with Crippen molar-refractivity contribution in [2.24, 2.45) is 9.98 Å². The summed E-state index contributed by atoms with van der Waals surface area (Å²) < 4.78 is 0. The van der Waals surface area contributed by atoms with Gasteiger partial charge in [-0.2, -0.15) is 0 Å². The van der Waals surface area contributed by atoms with Crippen molar-refractivity contribution >= 4 is 34.1 Å². The zero-order chi connectivity index (χ0) is 19.4. The monoisotopic (exact) mass is 354 g/mol. The molecule has 0 atom stereocenters. The topological polar surface area (TPSA) is 37.7 Å². The van der Waals surface area contributed by atoms with Crippen LogP contribution in [0.25, 0.3) is 10.8 Å². The average Bonchev–Trinajstić information content (AvgIpc) is 2.56.